The number of methoxy groups -OCH3 is 1. The summed E-state index contributed by atoms with van der Waals surface area (Å²) in [6, 6.07) is 2.92. The first-order valence-electron chi connectivity index (χ1n) is 6.68. The number of benzene rings is 2. The molecule has 6 nitrogen and oxygen atoms in total. The molecule has 0 aromatic heterocycles. The van der Waals surface area contributed by atoms with Gasteiger partial charge in [-0.25, -0.2) is 26.7 Å². The summed E-state index contributed by atoms with van der Waals surface area (Å²) in [4.78, 5) is 21.9. The van der Waals surface area contributed by atoms with Crippen LogP contribution in [0.2, 0.25) is 0 Å². The van der Waals surface area contributed by atoms with Crippen LogP contribution in [0.4, 0.5) is 27.6 Å². The lowest BCUT2D eigenvalue weighted by Gasteiger charge is -2.09. The molecule has 26 heavy (non-hydrogen) atoms. The van der Waals surface area contributed by atoms with Gasteiger partial charge in [-0.05, 0) is 12.1 Å². The zero-order valence-electron chi connectivity index (χ0n) is 12.8. The van der Waals surface area contributed by atoms with Gasteiger partial charge < -0.3 is 9.47 Å². The van der Waals surface area contributed by atoms with E-state index in [0.29, 0.717) is 0 Å². The fraction of sp³-hybridized carbons (Fsp3) is 0.133. The largest absolute Gasteiger partial charge is 0.490 e. The summed E-state index contributed by atoms with van der Waals surface area (Å²) in [6.45, 7) is -1.27. The maximum Gasteiger partial charge on any atom is 0.338 e. The van der Waals surface area contributed by atoms with E-state index < -0.39 is 57.8 Å². The van der Waals surface area contributed by atoms with Crippen molar-refractivity contribution in [2.45, 2.75) is 6.61 Å². The van der Waals surface area contributed by atoms with E-state index in [4.69, 9.17) is 4.74 Å². The van der Waals surface area contributed by atoms with Crippen LogP contribution in [0.5, 0.6) is 5.75 Å². The number of nitro groups is 1. The van der Waals surface area contributed by atoms with Gasteiger partial charge in [0.2, 0.25) is 5.82 Å². The molecule has 138 valence electrons. The number of rotatable bonds is 5. The van der Waals surface area contributed by atoms with E-state index in [-0.39, 0.29) is 11.3 Å². The number of hydrogen-bond donors (Lipinski definition) is 0. The Kier molecular flexibility index (Phi) is 5.38. The first-order chi connectivity index (χ1) is 12.2. The molecule has 0 heterocycles. The molecule has 0 atom stereocenters. The highest BCUT2D eigenvalue weighted by Gasteiger charge is 2.27. The van der Waals surface area contributed by atoms with E-state index in [2.05, 4.69) is 4.74 Å². The molecule has 0 radical (unpaired) electrons. The van der Waals surface area contributed by atoms with Crippen LogP contribution in [0.25, 0.3) is 0 Å². The summed E-state index contributed by atoms with van der Waals surface area (Å²) in [6.07, 6.45) is 0. The van der Waals surface area contributed by atoms with Crippen molar-refractivity contribution in [3.8, 4) is 5.75 Å². The molecule has 0 aliphatic heterocycles. The van der Waals surface area contributed by atoms with Crippen molar-refractivity contribution >= 4 is 11.7 Å². The quantitative estimate of drug-likeness (QED) is 0.198. The van der Waals surface area contributed by atoms with E-state index in [1.54, 1.807) is 0 Å². The lowest BCUT2D eigenvalue weighted by Crippen LogP contribution is -2.12. The van der Waals surface area contributed by atoms with Gasteiger partial charge in [0.15, 0.2) is 29.0 Å². The molecule has 2 aromatic rings. The van der Waals surface area contributed by atoms with Gasteiger partial charge in [0.05, 0.1) is 23.2 Å². The van der Waals surface area contributed by atoms with Crippen LogP contribution in [0.3, 0.4) is 0 Å². The van der Waals surface area contributed by atoms with Gasteiger partial charge in [-0.3, -0.25) is 10.1 Å². The maximum atomic E-state index is 13.5. The minimum atomic E-state index is -2.35. The Hall–Kier alpha value is -3.24. The number of esters is 1. The van der Waals surface area contributed by atoms with Gasteiger partial charge in [0.25, 0.3) is 0 Å². The average molecular weight is 377 g/mol. The normalized spacial score (nSPS) is 10.5. The van der Waals surface area contributed by atoms with E-state index in [1.165, 1.54) is 0 Å². The second kappa shape index (κ2) is 7.33. The molecule has 0 amide bonds. The SMILES string of the molecule is COc1ccc(C(=O)OCc2c(F)c(F)c(F)c(F)c2F)cc1[N+](=O)[O-]. The minimum Gasteiger partial charge on any atom is -0.490 e. The van der Waals surface area contributed by atoms with Crippen molar-refractivity contribution in [2.24, 2.45) is 0 Å². The van der Waals surface area contributed by atoms with Gasteiger partial charge in [-0.2, -0.15) is 0 Å². The number of ether oxygens (including phenoxy) is 2. The van der Waals surface area contributed by atoms with Crippen molar-refractivity contribution in [3.05, 3.63) is 68.5 Å². The third-order valence-electron chi connectivity index (χ3n) is 3.26. The lowest BCUT2D eigenvalue weighted by molar-refractivity contribution is -0.385. The molecule has 0 saturated heterocycles. The Morgan fingerprint density at radius 3 is 2.08 bits per heavy atom. The third kappa shape index (κ3) is 3.41. The monoisotopic (exact) mass is 377 g/mol. The molecule has 11 heteroatoms. The molecule has 2 rings (SSSR count). The maximum absolute atomic E-state index is 13.5. The van der Waals surface area contributed by atoms with Crippen molar-refractivity contribution in [3.63, 3.8) is 0 Å². The zero-order valence-corrected chi connectivity index (χ0v) is 12.8. The standard InChI is InChI=1S/C15H8F5NO5/c1-25-9-3-2-6(4-8(9)21(23)24)15(22)26-5-7-10(16)12(18)14(20)13(19)11(7)17/h2-4H,5H2,1H3. The summed E-state index contributed by atoms with van der Waals surface area (Å²) >= 11 is 0. The Morgan fingerprint density at radius 1 is 1.04 bits per heavy atom. The third-order valence-corrected chi connectivity index (χ3v) is 3.26. The number of hydrogen-bond acceptors (Lipinski definition) is 5. The number of carbonyl (C=O) groups is 1. The van der Waals surface area contributed by atoms with Crippen LogP contribution in [-0.4, -0.2) is 18.0 Å². The summed E-state index contributed by atoms with van der Waals surface area (Å²) in [5.74, 6) is -12.4. The molecule has 0 spiro atoms. The Balaban J connectivity index is 2.28. The fourth-order valence-electron chi connectivity index (χ4n) is 1.96. The molecule has 0 saturated carbocycles. The van der Waals surface area contributed by atoms with Gasteiger partial charge in [0, 0.05) is 6.07 Å². The highest BCUT2D eigenvalue weighted by Crippen LogP contribution is 2.28. The van der Waals surface area contributed by atoms with Crippen LogP contribution in [0.15, 0.2) is 18.2 Å². The highest BCUT2D eigenvalue weighted by atomic mass is 19.2. The predicted molar refractivity (Wildman–Crippen MR) is 75.0 cm³/mol. The van der Waals surface area contributed by atoms with Crippen molar-refractivity contribution in [1.82, 2.24) is 0 Å². The van der Waals surface area contributed by atoms with Crippen LogP contribution < -0.4 is 4.74 Å². The molecule has 0 N–H and O–H groups in total. The Labute approximate surface area is 141 Å². The van der Waals surface area contributed by atoms with Gasteiger partial charge in [0.1, 0.15) is 6.61 Å². The van der Waals surface area contributed by atoms with Crippen molar-refractivity contribution < 1.29 is 41.1 Å². The molecular weight excluding hydrogens is 369 g/mol. The average Bonchev–Trinajstić information content (AvgIpc) is 2.63. The molecule has 0 bridgehead atoms. The molecule has 0 aliphatic rings. The van der Waals surface area contributed by atoms with E-state index in [9.17, 15) is 36.9 Å². The topological polar surface area (TPSA) is 78.7 Å². The first kappa shape index (κ1) is 19.1. The Bertz CT molecular complexity index is 873. The summed E-state index contributed by atoms with van der Waals surface area (Å²) in [7, 11) is 1.16. The number of nitrogens with zero attached hydrogens (tertiary/aromatic N) is 1. The second-order valence-electron chi connectivity index (χ2n) is 4.77. The van der Waals surface area contributed by atoms with Crippen LogP contribution in [-0.2, 0) is 11.3 Å². The van der Waals surface area contributed by atoms with Crippen LogP contribution in [0.1, 0.15) is 15.9 Å². The molecular formula is C15H8F5NO5. The first-order valence-corrected chi connectivity index (χ1v) is 6.68. The number of nitro benzene ring substituents is 1. The van der Waals surface area contributed by atoms with Gasteiger partial charge in [-0.1, -0.05) is 0 Å². The summed E-state index contributed by atoms with van der Waals surface area (Å²) < 4.78 is 75.3. The predicted octanol–water partition coefficient (Wildman–Crippen LogP) is 3.66. The number of halogens is 5. The molecule has 0 unspecified atom stereocenters. The summed E-state index contributed by atoms with van der Waals surface area (Å²) in [5, 5.41) is 10.9. The number of carbonyl (C=O) groups excluding carboxylic acids is 1. The molecule has 0 fully saturated rings. The lowest BCUT2D eigenvalue weighted by atomic mass is 10.1. The van der Waals surface area contributed by atoms with Gasteiger partial charge in [-0.15, -0.1) is 0 Å². The van der Waals surface area contributed by atoms with Gasteiger partial charge >= 0.3 is 11.7 Å². The van der Waals surface area contributed by atoms with E-state index in [1.807, 2.05) is 0 Å². The summed E-state index contributed by atoms with van der Waals surface area (Å²) in [5.41, 5.74) is -2.32. The molecule has 0 aliphatic carbocycles. The highest BCUT2D eigenvalue weighted by molar-refractivity contribution is 5.90. The van der Waals surface area contributed by atoms with Crippen molar-refractivity contribution in [1.29, 1.82) is 0 Å². The smallest absolute Gasteiger partial charge is 0.338 e. The van der Waals surface area contributed by atoms with Crippen molar-refractivity contribution in [2.75, 3.05) is 7.11 Å². The van der Waals surface area contributed by atoms with E-state index in [0.717, 1.165) is 25.3 Å². The Morgan fingerprint density at radius 2 is 1.58 bits per heavy atom. The fourth-order valence-corrected chi connectivity index (χ4v) is 1.96. The minimum absolute atomic E-state index is 0.161. The molecule has 2 aromatic carbocycles. The second-order valence-corrected chi connectivity index (χ2v) is 4.77. The van der Waals surface area contributed by atoms with Crippen LogP contribution >= 0.6 is 0 Å². The van der Waals surface area contributed by atoms with E-state index >= 15 is 0 Å². The van der Waals surface area contributed by atoms with Crippen LogP contribution in [0, 0.1) is 39.2 Å². The zero-order chi connectivity index (χ0) is 19.6.